The number of likely N-dealkylation sites (tertiary alicyclic amines) is 1. The van der Waals surface area contributed by atoms with Crippen molar-refractivity contribution in [3.8, 4) is 11.5 Å². The van der Waals surface area contributed by atoms with Crippen LogP contribution in [-0.2, 0) is 26.2 Å². The molecule has 1 spiro atoms. The van der Waals surface area contributed by atoms with Gasteiger partial charge in [0.05, 0.1) is 11.0 Å². The smallest absolute Gasteiger partial charge is 0.343 e. The number of ether oxygens (including phenoxy) is 2. The standard InChI is InChI=1S/C21H23NO9/c1-22-7-6-20-13-9-2-3-10(23)16(13)31-17(20)11(4-5-21(20,29)12(22)8-9)30-19(28)15(25)14(24)18(26)27/h2-4,12,14-15,17,23-25,29H,5-8H2,1H3,(H,26,27)/t12-,14+,15+,17-,20-,21+/m0/s1. The van der Waals surface area contributed by atoms with Crippen LogP contribution in [0.1, 0.15) is 24.0 Å². The minimum atomic E-state index is -2.34. The summed E-state index contributed by atoms with van der Waals surface area (Å²) in [6, 6.07) is 3.12. The van der Waals surface area contributed by atoms with Crippen molar-refractivity contribution in [1.82, 2.24) is 4.90 Å². The zero-order valence-electron chi connectivity index (χ0n) is 16.7. The Hall–Kier alpha value is -2.66. The molecule has 4 aliphatic rings. The lowest BCUT2D eigenvalue weighted by molar-refractivity contribution is -0.177. The van der Waals surface area contributed by atoms with Gasteiger partial charge >= 0.3 is 11.9 Å². The SMILES string of the molecule is CN1CC[C@]23c4c5ccc(O)c4O[C@H]2C(OC(=O)[C@H](O)[C@@H](O)C(=O)O)=CC[C@@]3(O)[C@@H]1C5. The van der Waals surface area contributed by atoms with Crippen LogP contribution in [-0.4, -0.2) is 85.9 Å². The van der Waals surface area contributed by atoms with Crippen LogP contribution in [0.2, 0.25) is 0 Å². The molecule has 6 atom stereocenters. The predicted molar refractivity (Wildman–Crippen MR) is 102 cm³/mol. The monoisotopic (exact) mass is 433 g/mol. The molecule has 1 aromatic carbocycles. The van der Waals surface area contributed by atoms with Gasteiger partial charge in [-0.15, -0.1) is 0 Å². The fraction of sp³-hybridized carbons (Fsp3) is 0.524. The first kappa shape index (κ1) is 20.3. The highest BCUT2D eigenvalue weighted by molar-refractivity contribution is 5.85. The number of hydrogen-bond donors (Lipinski definition) is 5. The quantitative estimate of drug-likeness (QED) is 0.374. The molecule has 1 aromatic rings. The van der Waals surface area contributed by atoms with Crippen molar-refractivity contribution in [2.45, 2.75) is 54.6 Å². The predicted octanol–water partition coefficient (Wildman–Crippen LogP) is -0.980. The van der Waals surface area contributed by atoms with E-state index in [1.165, 1.54) is 12.1 Å². The van der Waals surface area contributed by atoms with Crippen molar-refractivity contribution in [3.63, 3.8) is 0 Å². The summed E-state index contributed by atoms with van der Waals surface area (Å²) in [5.41, 5.74) is -0.583. The second-order valence-electron chi connectivity index (χ2n) is 8.75. The topological polar surface area (TPSA) is 157 Å². The van der Waals surface area contributed by atoms with E-state index in [9.17, 15) is 30.0 Å². The molecule has 10 nitrogen and oxygen atoms in total. The van der Waals surface area contributed by atoms with Crippen LogP contribution in [0, 0.1) is 0 Å². The fourth-order valence-electron chi connectivity index (χ4n) is 5.88. The Morgan fingerprint density at radius 3 is 2.74 bits per heavy atom. The van der Waals surface area contributed by atoms with E-state index in [4.69, 9.17) is 14.6 Å². The minimum Gasteiger partial charge on any atom is -0.504 e. The molecule has 2 heterocycles. The van der Waals surface area contributed by atoms with Gasteiger partial charge in [-0.25, -0.2) is 9.59 Å². The van der Waals surface area contributed by atoms with Crippen molar-refractivity contribution in [1.29, 1.82) is 0 Å². The summed E-state index contributed by atoms with van der Waals surface area (Å²) in [4.78, 5) is 25.3. The highest BCUT2D eigenvalue weighted by Gasteiger charge is 2.72. The molecule has 31 heavy (non-hydrogen) atoms. The molecule has 10 heteroatoms. The molecular formula is C21H23NO9. The van der Waals surface area contributed by atoms with Gasteiger partial charge in [-0.1, -0.05) is 6.07 Å². The molecule has 5 N–H and O–H groups in total. The number of esters is 1. The molecule has 2 aliphatic carbocycles. The molecule has 0 aromatic heterocycles. The van der Waals surface area contributed by atoms with E-state index in [-0.39, 0.29) is 29.7 Å². The average molecular weight is 433 g/mol. The Kier molecular flexibility index (Phi) is 4.20. The number of nitrogens with zero attached hydrogens (tertiary/aromatic N) is 1. The summed E-state index contributed by atoms with van der Waals surface area (Å²) in [5, 5.41) is 50.5. The van der Waals surface area contributed by atoms with E-state index in [1.807, 2.05) is 13.1 Å². The van der Waals surface area contributed by atoms with Gasteiger partial charge < -0.3 is 39.9 Å². The lowest BCUT2D eigenvalue weighted by atomic mass is 9.50. The number of rotatable bonds is 4. The van der Waals surface area contributed by atoms with Crippen LogP contribution in [0.3, 0.4) is 0 Å². The molecule has 1 saturated heterocycles. The van der Waals surface area contributed by atoms with Crippen LogP contribution in [0.15, 0.2) is 24.0 Å². The third kappa shape index (κ3) is 2.41. The van der Waals surface area contributed by atoms with Crippen molar-refractivity contribution < 1.29 is 44.6 Å². The number of carboxylic acids is 1. The second kappa shape index (κ2) is 6.42. The zero-order valence-corrected chi connectivity index (χ0v) is 16.7. The Morgan fingerprint density at radius 1 is 1.29 bits per heavy atom. The lowest BCUT2D eigenvalue weighted by Crippen LogP contribution is -2.74. The molecule has 0 unspecified atom stereocenters. The molecule has 2 aliphatic heterocycles. The number of aliphatic carboxylic acids is 1. The third-order valence-electron chi connectivity index (χ3n) is 7.37. The Bertz CT molecular complexity index is 1020. The van der Waals surface area contributed by atoms with Gasteiger partial charge in [0, 0.05) is 18.0 Å². The van der Waals surface area contributed by atoms with E-state index >= 15 is 0 Å². The van der Waals surface area contributed by atoms with Gasteiger partial charge in [-0.2, -0.15) is 0 Å². The molecule has 1 fully saturated rings. The number of hydrogen-bond acceptors (Lipinski definition) is 9. The van der Waals surface area contributed by atoms with Gasteiger partial charge in [0.2, 0.25) is 0 Å². The molecular weight excluding hydrogens is 410 g/mol. The number of phenols is 1. The molecule has 2 bridgehead atoms. The average Bonchev–Trinajstić information content (AvgIpc) is 3.09. The molecule has 0 saturated carbocycles. The van der Waals surface area contributed by atoms with E-state index in [0.29, 0.717) is 24.9 Å². The number of phenolic OH excluding ortho intramolecular Hbond substituents is 1. The van der Waals surface area contributed by atoms with Crippen molar-refractivity contribution in [2.24, 2.45) is 0 Å². The second-order valence-corrected chi connectivity index (χ2v) is 8.75. The van der Waals surface area contributed by atoms with Crippen molar-refractivity contribution >= 4 is 11.9 Å². The first-order valence-electron chi connectivity index (χ1n) is 10.1. The van der Waals surface area contributed by atoms with E-state index in [2.05, 4.69) is 4.90 Å². The Balaban J connectivity index is 1.59. The van der Waals surface area contributed by atoms with E-state index in [0.717, 1.165) is 5.56 Å². The fourth-order valence-corrected chi connectivity index (χ4v) is 5.88. The van der Waals surface area contributed by atoms with E-state index < -0.39 is 41.3 Å². The van der Waals surface area contributed by atoms with Crippen LogP contribution in [0.25, 0.3) is 0 Å². The number of carboxylic acid groups (broad SMARTS) is 1. The Labute approximate surface area is 176 Å². The van der Waals surface area contributed by atoms with Gasteiger partial charge in [0.15, 0.2) is 29.8 Å². The summed E-state index contributed by atoms with van der Waals surface area (Å²) in [6.45, 7) is 0.642. The van der Waals surface area contributed by atoms with Gasteiger partial charge in [-0.3, -0.25) is 0 Å². The number of piperidine rings is 1. The number of carbonyl (C=O) groups excluding carboxylic acids is 1. The maximum Gasteiger partial charge on any atom is 0.343 e. The summed E-state index contributed by atoms with van der Waals surface area (Å²) in [6.07, 6.45) is -2.91. The summed E-state index contributed by atoms with van der Waals surface area (Å²) in [5.74, 6) is -2.95. The van der Waals surface area contributed by atoms with Crippen LogP contribution in [0.5, 0.6) is 11.5 Å². The number of likely N-dealkylation sites (N-methyl/N-ethyl adjacent to an activating group) is 1. The highest BCUT2D eigenvalue weighted by Crippen LogP contribution is 2.65. The number of benzene rings is 1. The normalized spacial score (nSPS) is 34.8. The molecule has 5 rings (SSSR count). The molecule has 0 radical (unpaired) electrons. The largest absolute Gasteiger partial charge is 0.504 e. The van der Waals surface area contributed by atoms with Crippen molar-refractivity contribution in [3.05, 3.63) is 35.1 Å². The number of carbonyl (C=O) groups is 2. The first-order valence-corrected chi connectivity index (χ1v) is 10.1. The third-order valence-corrected chi connectivity index (χ3v) is 7.37. The van der Waals surface area contributed by atoms with Gasteiger partial charge in [0.25, 0.3) is 0 Å². The maximum absolute atomic E-state index is 12.3. The summed E-state index contributed by atoms with van der Waals surface area (Å²) >= 11 is 0. The van der Waals surface area contributed by atoms with Gasteiger partial charge in [0.1, 0.15) is 5.76 Å². The number of aliphatic hydroxyl groups excluding tert-OH is 2. The Morgan fingerprint density at radius 2 is 2.03 bits per heavy atom. The van der Waals surface area contributed by atoms with Crippen LogP contribution < -0.4 is 4.74 Å². The number of aliphatic hydroxyl groups is 3. The minimum absolute atomic E-state index is 0.0121. The van der Waals surface area contributed by atoms with Crippen molar-refractivity contribution in [2.75, 3.05) is 13.6 Å². The molecule has 0 amide bonds. The molecule has 166 valence electrons. The highest BCUT2D eigenvalue weighted by atomic mass is 16.6. The van der Waals surface area contributed by atoms with Gasteiger partial charge in [-0.05, 0) is 44.1 Å². The summed E-state index contributed by atoms with van der Waals surface area (Å²) in [7, 11) is 1.94. The maximum atomic E-state index is 12.3. The number of aromatic hydroxyl groups is 1. The van der Waals surface area contributed by atoms with Crippen LogP contribution in [0.4, 0.5) is 0 Å². The van der Waals surface area contributed by atoms with E-state index in [1.54, 1.807) is 0 Å². The lowest BCUT2D eigenvalue weighted by Gasteiger charge is -2.61. The van der Waals surface area contributed by atoms with Crippen LogP contribution >= 0.6 is 0 Å². The zero-order chi connectivity index (χ0) is 22.3. The summed E-state index contributed by atoms with van der Waals surface area (Å²) < 4.78 is 11.4. The first-order chi connectivity index (χ1) is 14.6.